The van der Waals surface area contributed by atoms with E-state index in [1.165, 1.54) is 10.4 Å². The fraction of sp³-hybridized carbons (Fsp3) is 0.611. The third kappa shape index (κ3) is 3.90. The Labute approximate surface area is 162 Å². The smallest absolute Gasteiger partial charge is 0.347 e. The molecule has 2 saturated heterocycles. The first-order valence-electron chi connectivity index (χ1n) is 9.24. The zero-order valence-electron chi connectivity index (χ0n) is 15.8. The van der Waals surface area contributed by atoms with Gasteiger partial charge >= 0.3 is 6.18 Å². The molecule has 10 heteroatoms. The molecule has 3 rings (SSSR count). The minimum absolute atomic E-state index is 0.0858. The summed E-state index contributed by atoms with van der Waals surface area (Å²) >= 11 is 0. The maximum Gasteiger partial charge on any atom is 0.416 e. The van der Waals surface area contributed by atoms with Crippen molar-refractivity contribution in [2.75, 3.05) is 13.1 Å². The molecule has 3 atom stereocenters. The highest BCUT2D eigenvalue weighted by molar-refractivity contribution is 7.89. The number of benzene rings is 1. The lowest BCUT2D eigenvalue weighted by Gasteiger charge is -2.34. The summed E-state index contributed by atoms with van der Waals surface area (Å²) in [5, 5.41) is 0. The number of quaternary nitrogens is 1. The number of hydrogen-bond donors (Lipinski definition) is 1. The number of fused-ring (bicyclic) bond motifs is 2. The van der Waals surface area contributed by atoms with E-state index < -0.39 is 27.8 Å². The second-order valence-electron chi connectivity index (χ2n) is 7.96. The normalized spacial score (nSPS) is 24.2. The van der Waals surface area contributed by atoms with Gasteiger partial charge in [-0.05, 0) is 30.5 Å². The van der Waals surface area contributed by atoms with Gasteiger partial charge in [0.15, 0.2) is 6.04 Å². The van der Waals surface area contributed by atoms with Crippen LogP contribution in [0, 0.1) is 5.92 Å². The predicted molar refractivity (Wildman–Crippen MR) is 95.4 cm³/mol. The van der Waals surface area contributed by atoms with Crippen molar-refractivity contribution in [2.45, 2.75) is 55.9 Å². The average Bonchev–Trinajstić information content (AvgIpc) is 3.21. The van der Waals surface area contributed by atoms with Crippen molar-refractivity contribution in [2.24, 2.45) is 5.92 Å². The Balaban J connectivity index is 1.76. The zero-order chi connectivity index (χ0) is 20.9. The molecule has 156 valence electrons. The number of halogens is 3. The van der Waals surface area contributed by atoms with Crippen molar-refractivity contribution in [3.63, 3.8) is 0 Å². The number of rotatable bonds is 5. The lowest BCUT2D eigenvalue weighted by Crippen LogP contribution is -2.69. The van der Waals surface area contributed by atoms with E-state index in [9.17, 15) is 26.4 Å². The van der Waals surface area contributed by atoms with E-state index in [-0.39, 0.29) is 36.0 Å². The topological polar surface area (TPSA) is 85.3 Å². The Morgan fingerprint density at radius 3 is 2.46 bits per heavy atom. The Morgan fingerprint density at radius 1 is 1.25 bits per heavy atom. The molecule has 0 spiro atoms. The van der Waals surface area contributed by atoms with Crippen molar-refractivity contribution in [1.29, 1.82) is 0 Å². The van der Waals surface area contributed by atoms with E-state index in [4.69, 9.17) is 0 Å². The standard InChI is InChI=1S/C18H24F3N3O3S/c1-11(2)6-16(22)17(25)23-9-14-8-13(23)10-24(14)28(26,27)15-5-3-4-12(7-15)18(19,20)21/h3-5,7,11,13-14,16H,6,8-10,22H2,1-2H3/p+1/t13?,14-,16-/m1/s1. The third-order valence-corrected chi connectivity index (χ3v) is 7.26. The van der Waals surface area contributed by atoms with Gasteiger partial charge in [0.05, 0.1) is 10.5 Å². The van der Waals surface area contributed by atoms with Crippen LogP contribution in [-0.2, 0) is 21.0 Å². The summed E-state index contributed by atoms with van der Waals surface area (Å²) in [6.07, 6.45) is -3.46. The van der Waals surface area contributed by atoms with Crippen LogP contribution in [0.1, 0.15) is 32.3 Å². The molecule has 1 aromatic rings. The van der Waals surface area contributed by atoms with Gasteiger partial charge in [0.25, 0.3) is 5.91 Å². The minimum atomic E-state index is -4.61. The molecule has 0 aliphatic carbocycles. The maximum absolute atomic E-state index is 12.9. The van der Waals surface area contributed by atoms with Crippen LogP contribution in [0.3, 0.4) is 0 Å². The van der Waals surface area contributed by atoms with Crippen LogP contribution in [-0.4, -0.2) is 54.7 Å². The highest BCUT2D eigenvalue weighted by Gasteiger charge is 2.51. The van der Waals surface area contributed by atoms with Gasteiger partial charge in [-0.3, -0.25) is 4.79 Å². The van der Waals surface area contributed by atoms with Gasteiger partial charge in [-0.1, -0.05) is 19.9 Å². The van der Waals surface area contributed by atoms with E-state index in [1.807, 2.05) is 13.8 Å². The van der Waals surface area contributed by atoms with Crippen LogP contribution < -0.4 is 5.73 Å². The van der Waals surface area contributed by atoms with Crippen LogP contribution in [0.5, 0.6) is 0 Å². The third-order valence-electron chi connectivity index (χ3n) is 5.35. The number of sulfonamides is 1. The van der Waals surface area contributed by atoms with E-state index in [0.717, 1.165) is 12.1 Å². The van der Waals surface area contributed by atoms with Gasteiger partial charge in [-0.15, -0.1) is 0 Å². The van der Waals surface area contributed by atoms with Gasteiger partial charge in [0.2, 0.25) is 10.0 Å². The second kappa shape index (κ2) is 7.31. The monoisotopic (exact) mass is 420 g/mol. The van der Waals surface area contributed by atoms with Crippen molar-refractivity contribution >= 4 is 15.9 Å². The molecular weight excluding hydrogens is 395 g/mol. The van der Waals surface area contributed by atoms with Crippen LogP contribution in [0.25, 0.3) is 0 Å². The largest absolute Gasteiger partial charge is 0.416 e. The number of nitrogens with zero attached hydrogens (tertiary/aromatic N) is 2. The van der Waals surface area contributed by atoms with E-state index >= 15 is 0 Å². The molecule has 2 fully saturated rings. The summed E-state index contributed by atoms with van der Waals surface area (Å²) in [6.45, 7) is 4.37. The summed E-state index contributed by atoms with van der Waals surface area (Å²) in [5.41, 5.74) is 2.93. The molecule has 0 aromatic heterocycles. The van der Waals surface area contributed by atoms with E-state index in [0.29, 0.717) is 24.8 Å². The summed E-state index contributed by atoms with van der Waals surface area (Å²) in [7, 11) is -4.06. The summed E-state index contributed by atoms with van der Waals surface area (Å²) in [5.74, 6) is 0.237. The predicted octanol–water partition coefficient (Wildman–Crippen LogP) is 1.34. The quantitative estimate of drug-likeness (QED) is 0.780. The molecule has 3 N–H and O–H groups in total. The molecule has 28 heavy (non-hydrogen) atoms. The summed E-state index contributed by atoms with van der Waals surface area (Å²) in [4.78, 5) is 13.9. The van der Waals surface area contributed by atoms with Gasteiger partial charge in [0.1, 0.15) is 0 Å². The van der Waals surface area contributed by atoms with Crippen molar-refractivity contribution in [1.82, 2.24) is 9.21 Å². The fourth-order valence-electron chi connectivity index (χ4n) is 4.07. The second-order valence-corrected chi connectivity index (χ2v) is 9.85. The minimum Gasteiger partial charge on any atom is -0.347 e. The number of amides is 1. The summed E-state index contributed by atoms with van der Waals surface area (Å²) in [6, 6.07) is 2.73. The molecule has 6 nitrogen and oxygen atoms in total. The van der Waals surface area contributed by atoms with E-state index in [2.05, 4.69) is 5.73 Å². The molecule has 0 radical (unpaired) electrons. The van der Waals surface area contributed by atoms with Gasteiger partial charge < -0.3 is 10.6 Å². The Bertz CT molecular complexity index is 857. The van der Waals surface area contributed by atoms with Gasteiger partial charge in [0, 0.05) is 31.6 Å². The highest BCUT2D eigenvalue weighted by atomic mass is 32.2. The Kier molecular flexibility index (Phi) is 5.50. The van der Waals surface area contributed by atoms with Crippen molar-refractivity contribution < 1.29 is 32.1 Å². The lowest BCUT2D eigenvalue weighted by molar-refractivity contribution is -0.408. The molecule has 0 saturated carbocycles. The molecule has 2 heterocycles. The van der Waals surface area contributed by atoms with Crippen LogP contribution >= 0.6 is 0 Å². The molecular formula is C18H25F3N3O3S+. The van der Waals surface area contributed by atoms with Crippen LogP contribution in [0.2, 0.25) is 0 Å². The molecule has 2 aliphatic rings. The Morgan fingerprint density at radius 2 is 1.93 bits per heavy atom. The van der Waals surface area contributed by atoms with Crippen molar-refractivity contribution in [3.8, 4) is 0 Å². The molecule has 2 bridgehead atoms. The first kappa shape index (κ1) is 21.1. The SMILES string of the molecule is CC(C)C[C@@H]([NH3+])C(=O)N1C[C@H]2CC1CN2S(=O)(=O)c1cccc(C(F)(F)F)c1. The number of alkyl halides is 3. The van der Waals surface area contributed by atoms with Crippen molar-refractivity contribution in [3.05, 3.63) is 29.8 Å². The number of hydrogen-bond acceptors (Lipinski definition) is 3. The van der Waals surface area contributed by atoms with Crippen LogP contribution in [0.15, 0.2) is 29.2 Å². The Hall–Kier alpha value is -1.65. The molecule has 2 aliphatic heterocycles. The first-order chi connectivity index (χ1) is 12.9. The number of carbonyl (C=O) groups excluding carboxylic acids is 1. The number of piperazine rings is 1. The summed E-state index contributed by atoms with van der Waals surface area (Å²) < 4.78 is 65.8. The van der Waals surface area contributed by atoms with Gasteiger partial charge in [-0.2, -0.15) is 17.5 Å². The van der Waals surface area contributed by atoms with E-state index in [1.54, 1.807) is 4.90 Å². The van der Waals surface area contributed by atoms with Crippen LogP contribution in [0.4, 0.5) is 13.2 Å². The lowest BCUT2D eigenvalue weighted by atomic mass is 10.0. The first-order valence-corrected chi connectivity index (χ1v) is 10.7. The maximum atomic E-state index is 12.9. The zero-order valence-corrected chi connectivity index (χ0v) is 16.6. The number of carbonyl (C=O) groups is 1. The van der Waals surface area contributed by atoms with Gasteiger partial charge in [-0.25, -0.2) is 8.42 Å². The number of likely N-dealkylation sites (tertiary alicyclic amines) is 1. The highest BCUT2D eigenvalue weighted by Crippen LogP contribution is 2.37. The fourth-order valence-corrected chi connectivity index (χ4v) is 5.78. The average molecular weight is 420 g/mol. The molecule has 1 amide bonds. The molecule has 1 aromatic carbocycles. The molecule has 1 unspecified atom stereocenters.